The van der Waals surface area contributed by atoms with Crippen LogP contribution in [0.3, 0.4) is 0 Å². The second-order valence-corrected chi connectivity index (χ2v) is 3.96. The highest BCUT2D eigenvalue weighted by atomic mass is 79.9. The van der Waals surface area contributed by atoms with Crippen LogP contribution < -0.4 is 5.32 Å². The fourth-order valence-electron chi connectivity index (χ4n) is 1.12. The Morgan fingerprint density at radius 2 is 2.29 bits per heavy atom. The van der Waals surface area contributed by atoms with Crippen molar-refractivity contribution in [1.82, 2.24) is 0 Å². The third-order valence-corrected chi connectivity index (χ3v) is 2.53. The van der Waals surface area contributed by atoms with Crippen LogP contribution in [0.25, 0.3) is 0 Å². The molecule has 1 aromatic rings. The van der Waals surface area contributed by atoms with E-state index in [9.17, 15) is 14.9 Å². The summed E-state index contributed by atoms with van der Waals surface area (Å²) < 4.78 is 5.28. The summed E-state index contributed by atoms with van der Waals surface area (Å²) in [6.45, 7) is 2.14. The number of hydrogen-bond acceptors (Lipinski definition) is 4. The quantitative estimate of drug-likeness (QED) is 0.668. The van der Waals surface area contributed by atoms with Crippen molar-refractivity contribution in [2.45, 2.75) is 6.92 Å². The summed E-state index contributed by atoms with van der Waals surface area (Å²) in [5.74, 6) is -0.344. The Morgan fingerprint density at radius 1 is 1.59 bits per heavy atom. The lowest BCUT2D eigenvalue weighted by molar-refractivity contribution is -0.385. The number of benzene rings is 1. The lowest BCUT2D eigenvalue weighted by Gasteiger charge is -2.05. The Labute approximate surface area is 106 Å². The highest BCUT2D eigenvalue weighted by Crippen LogP contribution is 2.27. The largest absolute Gasteiger partial charge is 0.372 e. The molecule has 1 N–H and O–H groups in total. The SMILES string of the molecule is CCOCC(=O)Nc1ccc(Br)c([N+](=O)[O-])c1. The minimum atomic E-state index is -0.526. The molecule has 0 bridgehead atoms. The van der Waals surface area contributed by atoms with Gasteiger partial charge in [0.15, 0.2) is 0 Å². The van der Waals surface area contributed by atoms with Gasteiger partial charge in [0.25, 0.3) is 5.69 Å². The van der Waals surface area contributed by atoms with E-state index in [0.29, 0.717) is 16.8 Å². The number of carbonyl (C=O) groups excluding carboxylic acids is 1. The van der Waals surface area contributed by atoms with E-state index in [-0.39, 0.29) is 18.2 Å². The molecule has 0 radical (unpaired) electrons. The van der Waals surface area contributed by atoms with Crippen LogP contribution in [0.4, 0.5) is 11.4 Å². The molecule has 1 rings (SSSR count). The molecule has 0 aliphatic rings. The van der Waals surface area contributed by atoms with E-state index < -0.39 is 4.92 Å². The standard InChI is InChI=1S/C10H11BrN2O4/c1-2-17-6-10(14)12-7-3-4-8(11)9(5-7)13(15)16/h3-5H,2,6H2,1H3,(H,12,14). The summed E-state index contributed by atoms with van der Waals surface area (Å²) in [5.41, 5.74) is 0.267. The number of nitro benzene ring substituents is 1. The van der Waals surface area contributed by atoms with Crippen LogP contribution in [0.1, 0.15) is 6.92 Å². The van der Waals surface area contributed by atoms with Crippen LogP contribution in [-0.2, 0) is 9.53 Å². The number of nitro groups is 1. The molecule has 6 nitrogen and oxygen atoms in total. The molecule has 1 amide bonds. The molecule has 0 saturated heterocycles. The van der Waals surface area contributed by atoms with Gasteiger partial charge in [-0.05, 0) is 35.0 Å². The second kappa shape index (κ2) is 6.31. The van der Waals surface area contributed by atoms with Crippen LogP contribution in [0.15, 0.2) is 22.7 Å². The van der Waals surface area contributed by atoms with Crippen molar-refractivity contribution in [2.24, 2.45) is 0 Å². The average molecular weight is 303 g/mol. The molecule has 0 heterocycles. The number of anilines is 1. The molecule has 0 saturated carbocycles. The van der Waals surface area contributed by atoms with Crippen molar-refractivity contribution in [1.29, 1.82) is 0 Å². The maximum absolute atomic E-state index is 11.3. The summed E-state index contributed by atoms with van der Waals surface area (Å²) in [4.78, 5) is 21.5. The Hall–Kier alpha value is -1.47. The van der Waals surface area contributed by atoms with Crippen molar-refractivity contribution in [2.75, 3.05) is 18.5 Å². The zero-order chi connectivity index (χ0) is 12.8. The van der Waals surface area contributed by atoms with Crippen LogP contribution in [0, 0.1) is 10.1 Å². The van der Waals surface area contributed by atoms with Gasteiger partial charge in [-0.1, -0.05) is 0 Å². The summed E-state index contributed by atoms with van der Waals surface area (Å²) in [6, 6.07) is 4.36. The number of hydrogen-bond donors (Lipinski definition) is 1. The molecule has 0 aliphatic heterocycles. The van der Waals surface area contributed by atoms with Gasteiger partial charge in [0, 0.05) is 18.4 Å². The molecular weight excluding hydrogens is 292 g/mol. The highest BCUT2D eigenvalue weighted by Gasteiger charge is 2.13. The first-order valence-electron chi connectivity index (χ1n) is 4.86. The molecule has 7 heteroatoms. The minimum Gasteiger partial charge on any atom is -0.372 e. The van der Waals surface area contributed by atoms with Crippen LogP contribution in [0.2, 0.25) is 0 Å². The number of rotatable bonds is 5. The van der Waals surface area contributed by atoms with E-state index in [1.807, 2.05) is 0 Å². The lowest BCUT2D eigenvalue weighted by atomic mass is 10.3. The van der Waals surface area contributed by atoms with Crippen LogP contribution >= 0.6 is 15.9 Å². The first kappa shape index (κ1) is 13.6. The molecule has 0 unspecified atom stereocenters. The fourth-order valence-corrected chi connectivity index (χ4v) is 1.51. The monoisotopic (exact) mass is 302 g/mol. The number of nitrogens with zero attached hydrogens (tertiary/aromatic N) is 1. The first-order valence-corrected chi connectivity index (χ1v) is 5.65. The smallest absolute Gasteiger partial charge is 0.285 e. The van der Waals surface area contributed by atoms with Gasteiger partial charge in [-0.3, -0.25) is 14.9 Å². The highest BCUT2D eigenvalue weighted by molar-refractivity contribution is 9.10. The number of carbonyl (C=O) groups is 1. The van der Waals surface area contributed by atoms with Gasteiger partial charge in [0.2, 0.25) is 5.91 Å². The average Bonchev–Trinajstić information content (AvgIpc) is 2.28. The zero-order valence-corrected chi connectivity index (χ0v) is 10.7. The van der Waals surface area contributed by atoms with Crippen LogP contribution in [-0.4, -0.2) is 24.0 Å². The Balaban J connectivity index is 2.75. The predicted molar refractivity (Wildman–Crippen MR) is 65.9 cm³/mol. The van der Waals surface area contributed by atoms with Crippen molar-refractivity contribution < 1.29 is 14.5 Å². The number of nitrogens with one attached hydrogen (secondary N) is 1. The lowest BCUT2D eigenvalue weighted by Crippen LogP contribution is -2.18. The maximum Gasteiger partial charge on any atom is 0.285 e. The van der Waals surface area contributed by atoms with E-state index in [4.69, 9.17) is 4.74 Å². The summed E-state index contributed by atoms with van der Waals surface area (Å²) in [6.07, 6.45) is 0. The van der Waals surface area contributed by atoms with E-state index in [2.05, 4.69) is 21.2 Å². The summed E-state index contributed by atoms with van der Waals surface area (Å²) in [7, 11) is 0. The maximum atomic E-state index is 11.3. The van der Waals surface area contributed by atoms with Crippen LogP contribution in [0.5, 0.6) is 0 Å². The molecular formula is C10H11BrN2O4. The molecule has 92 valence electrons. The van der Waals surface area contributed by atoms with Crippen molar-refractivity contribution in [3.63, 3.8) is 0 Å². The van der Waals surface area contributed by atoms with E-state index in [1.54, 1.807) is 13.0 Å². The summed E-state index contributed by atoms with van der Waals surface area (Å²) >= 11 is 3.06. The first-order chi connectivity index (χ1) is 8.04. The van der Waals surface area contributed by atoms with Crippen molar-refractivity contribution >= 4 is 33.2 Å². The topological polar surface area (TPSA) is 81.5 Å². The number of amides is 1. The Bertz CT molecular complexity index is 436. The molecule has 0 atom stereocenters. The molecule has 1 aromatic carbocycles. The van der Waals surface area contributed by atoms with Gasteiger partial charge in [-0.15, -0.1) is 0 Å². The van der Waals surface area contributed by atoms with Gasteiger partial charge in [-0.25, -0.2) is 0 Å². The molecule has 17 heavy (non-hydrogen) atoms. The third kappa shape index (κ3) is 4.12. The Morgan fingerprint density at radius 3 is 2.88 bits per heavy atom. The third-order valence-electron chi connectivity index (χ3n) is 1.86. The van der Waals surface area contributed by atoms with Gasteiger partial charge >= 0.3 is 0 Å². The molecule has 0 aliphatic carbocycles. The second-order valence-electron chi connectivity index (χ2n) is 3.11. The zero-order valence-electron chi connectivity index (χ0n) is 9.10. The van der Waals surface area contributed by atoms with Gasteiger partial charge < -0.3 is 10.1 Å². The van der Waals surface area contributed by atoms with E-state index in [1.165, 1.54) is 12.1 Å². The minimum absolute atomic E-state index is 0.0691. The van der Waals surface area contributed by atoms with E-state index in [0.717, 1.165) is 0 Å². The van der Waals surface area contributed by atoms with Gasteiger partial charge in [0.05, 0.1) is 9.40 Å². The van der Waals surface area contributed by atoms with E-state index >= 15 is 0 Å². The molecule has 0 spiro atoms. The summed E-state index contributed by atoms with van der Waals surface area (Å²) in [5, 5.41) is 13.2. The van der Waals surface area contributed by atoms with Crippen molar-refractivity contribution in [3.8, 4) is 0 Å². The normalized spacial score (nSPS) is 10.0. The Kier molecular flexibility index (Phi) is 5.05. The fraction of sp³-hybridized carbons (Fsp3) is 0.300. The van der Waals surface area contributed by atoms with Gasteiger partial charge in [0.1, 0.15) is 6.61 Å². The van der Waals surface area contributed by atoms with Crippen molar-refractivity contribution in [3.05, 3.63) is 32.8 Å². The number of halogens is 1. The predicted octanol–water partition coefficient (Wildman–Crippen LogP) is 2.33. The molecule has 0 fully saturated rings. The number of ether oxygens (including phenoxy) is 1. The van der Waals surface area contributed by atoms with Gasteiger partial charge in [-0.2, -0.15) is 0 Å². The molecule has 0 aromatic heterocycles.